The molecule has 0 spiro atoms. The second-order valence-electron chi connectivity index (χ2n) is 3.48. The molecule has 0 fully saturated rings. The maximum Gasteiger partial charge on any atom is 0.0682 e. The molecule has 0 heterocycles. The van der Waals surface area contributed by atoms with Gasteiger partial charge in [0.15, 0.2) is 0 Å². The van der Waals surface area contributed by atoms with Gasteiger partial charge in [0.25, 0.3) is 0 Å². The molecule has 0 radical (unpaired) electrons. The van der Waals surface area contributed by atoms with Gasteiger partial charge in [-0.1, -0.05) is 33.6 Å². The first-order chi connectivity index (χ1) is 6.20. The molecule has 0 atom stereocenters. The number of aliphatic hydroxyl groups excluding tert-OH is 1. The van der Waals surface area contributed by atoms with Gasteiger partial charge in [0.2, 0.25) is 0 Å². The van der Waals surface area contributed by atoms with E-state index >= 15 is 0 Å². The highest BCUT2D eigenvalue weighted by molar-refractivity contribution is 9.10. The average molecular weight is 239 g/mol. The first kappa shape index (κ1) is 8.97. The van der Waals surface area contributed by atoms with Crippen LogP contribution in [0.5, 0.6) is 0 Å². The number of allylic oxidation sites excluding steroid dienone is 1. The Hall–Kier alpha value is -0.600. The fraction of sp³-hybridized carbons (Fsp3) is 0.273. The molecule has 1 aromatic carbocycles. The smallest absolute Gasteiger partial charge is 0.0682 e. The maximum atomic E-state index is 9.02. The number of benzene rings is 1. The van der Waals surface area contributed by atoms with Crippen molar-refractivity contribution in [1.82, 2.24) is 0 Å². The summed E-state index contributed by atoms with van der Waals surface area (Å²) in [6.07, 6.45) is 3.21. The Morgan fingerprint density at radius 1 is 1.46 bits per heavy atom. The second kappa shape index (κ2) is 3.28. The summed E-state index contributed by atoms with van der Waals surface area (Å²) in [5.74, 6) is 0. The van der Waals surface area contributed by atoms with E-state index in [1.54, 1.807) is 0 Å². The molecule has 2 heteroatoms. The van der Waals surface area contributed by atoms with Crippen molar-refractivity contribution in [2.24, 2.45) is 0 Å². The molecule has 0 amide bonds. The van der Waals surface area contributed by atoms with Crippen LogP contribution in [-0.2, 0) is 13.0 Å². The lowest BCUT2D eigenvalue weighted by Crippen LogP contribution is -1.90. The first-order valence-electron chi connectivity index (χ1n) is 4.30. The molecular weight excluding hydrogens is 228 g/mol. The molecule has 0 unspecified atom stereocenters. The lowest BCUT2D eigenvalue weighted by molar-refractivity contribution is 0.281. The molecule has 1 aliphatic rings. The average Bonchev–Trinajstić information content (AvgIpc) is 2.46. The van der Waals surface area contributed by atoms with Crippen molar-refractivity contribution < 1.29 is 5.11 Å². The Morgan fingerprint density at radius 3 is 2.92 bits per heavy atom. The van der Waals surface area contributed by atoms with Gasteiger partial charge in [0, 0.05) is 4.47 Å². The molecule has 1 aliphatic carbocycles. The van der Waals surface area contributed by atoms with Crippen LogP contribution in [0.4, 0.5) is 0 Å². The summed E-state index contributed by atoms with van der Waals surface area (Å²) < 4.78 is 1.09. The molecule has 0 bridgehead atoms. The van der Waals surface area contributed by atoms with E-state index in [2.05, 4.69) is 35.0 Å². The summed E-state index contributed by atoms with van der Waals surface area (Å²) in [6.45, 7) is 2.25. The minimum Gasteiger partial charge on any atom is -0.392 e. The van der Waals surface area contributed by atoms with Crippen molar-refractivity contribution in [2.75, 3.05) is 0 Å². The van der Waals surface area contributed by atoms with Crippen molar-refractivity contribution in [3.05, 3.63) is 38.9 Å². The van der Waals surface area contributed by atoms with Crippen LogP contribution < -0.4 is 0 Å². The summed E-state index contributed by atoms with van der Waals surface area (Å²) in [4.78, 5) is 0. The topological polar surface area (TPSA) is 20.2 Å². The molecule has 1 aromatic rings. The summed E-state index contributed by atoms with van der Waals surface area (Å²) >= 11 is 3.51. The van der Waals surface area contributed by atoms with Crippen LogP contribution in [0.15, 0.2) is 22.2 Å². The quantitative estimate of drug-likeness (QED) is 0.798. The molecular formula is C11H11BrO. The minimum atomic E-state index is 0.116. The van der Waals surface area contributed by atoms with E-state index in [4.69, 9.17) is 5.11 Å². The number of hydrogen-bond acceptors (Lipinski definition) is 1. The molecule has 1 nitrogen and oxygen atoms in total. The summed E-state index contributed by atoms with van der Waals surface area (Å²) in [5, 5.41) is 9.02. The van der Waals surface area contributed by atoms with E-state index in [0.29, 0.717) is 0 Å². The fourth-order valence-electron chi connectivity index (χ4n) is 1.73. The number of halogens is 1. The first-order valence-corrected chi connectivity index (χ1v) is 5.09. The fourth-order valence-corrected chi connectivity index (χ4v) is 2.40. The van der Waals surface area contributed by atoms with E-state index in [-0.39, 0.29) is 6.61 Å². The molecule has 2 rings (SSSR count). The molecule has 68 valence electrons. The monoisotopic (exact) mass is 238 g/mol. The van der Waals surface area contributed by atoms with Crippen LogP contribution in [0, 0.1) is 0 Å². The SMILES string of the molecule is CC1=Cc2c(Br)cc(CO)cc2C1. The Balaban J connectivity index is 2.53. The van der Waals surface area contributed by atoms with Crippen LogP contribution in [0.3, 0.4) is 0 Å². The third-order valence-corrected chi connectivity index (χ3v) is 2.97. The lowest BCUT2D eigenvalue weighted by atomic mass is 10.1. The van der Waals surface area contributed by atoms with Crippen LogP contribution >= 0.6 is 15.9 Å². The van der Waals surface area contributed by atoms with E-state index in [1.807, 2.05) is 6.07 Å². The molecule has 13 heavy (non-hydrogen) atoms. The van der Waals surface area contributed by atoms with Crippen LogP contribution in [0.25, 0.3) is 6.08 Å². The minimum absolute atomic E-state index is 0.116. The van der Waals surface area contributed by atoms with Gasteiger partial charge in [-0.25, -0.2) is 0 Å². The van der Waals surface area contributed by atoms with Crippen molar-refractivity contribution in [1.29, 1.82) is 0 Å². The summed E-state index contributed by atoms with van der Waals surface area (Å²) in [6, 6.07) is 4.06. The predicted octanol–water partition coefficient (Wildman–Crippen LogP) is 2.90. The zero-order valence-electron chi connectivity index (χ0n) is 7.47. The third-order valence-electron chi connectivity index (χ3n) is 2.32. The number of aliphatic hydroxyl groups is 1. The third kappa shape index (κ3) is 1.56. The largest absolute Gasteiger partial charge is 0.392 e. The van der Waals surface area contributed by atoms with Crippen molar-refractivity contribution in [2.45, 2.75) is 20.0 Å². The summed E-state index contributed by atoms with van der Waals surface area (Å²) in [7, 11) is 0. The molecule has 0 saturated heterocycles. The van der Waals surface area contributed by atoms with Crippen molar-refractivity contribution in [3.63, 3.8) is 0 Å². The van der Waals surface area contributed by atoms with E-state index < -0.39 is 0 Å². The molecule has 0 aliphatic heterocycles. The molecule has 0 saturated carbocycles. The van der Waals surface area contributed by atoms with Gasteiger partial charge >= 0.3 is 0 Å². The normalized spacial score (nSPS) is 14.2. The predicted molar refractivity (Wildman–Crippen MR) is 57.4 cm³/mol. The van der Waals surface area contributed by atoms with Gasteiger partial charge in [-0.3, -0.25) is 0 Å². The Labute approximate surface area is 86.2 Å². The van der Waals surface area contributed by atoms with E-state index in [1.165, 1.54) is 16.7 Å². The van der Waals surface area contributed by atoms with Gasteiger partial charge in [-0.05, 0) is 36.1 Å². The van der Waals surface area contributed by atoms with Crippen molar-refractivity contribution in [3.8, 4) is 0 Å². The van der Waals surface area contributed by atoms with Crippen LogP contribution in [0.2, 0.25) is 0 Å². The molecule has 0 aromatic heterocycles. The highest BCUT2D eigenvalue weighted by Crippen LogP contribution is 2.32. The number of hydrogen-bond donors (Lipinski definition) is 1. The van der Waals surface area contributed by atoms with E-state index in [0.717, 1.165) is 16.5 Å². The van der Waals surface area contributed by atoms with E-state index in [9.17, 15) is 0 Å². The lowest BCUT2D eigenvalue weighted by Gasteiger charge is -2.04. The summed E-state index contributed by atoms with van der Waals surface area (Å²) in [5.41, 5.74) is 4.95. The maximum absolute atomic E-state index is 9.02. The second-order valence-corrected chi connectivity index (χ2v) is 4.33. The van der Waals surface area contributed by atoms with Gasteiger partial charge in [-0.2, -0.15) is 0 Å². The van der Waals surface area contributed by atoms with Gasteiger partial charge in [0.05, 0.1) is 6.61 Å². The van der Waals surface area contributed by atoms with Crippen LogP contribution in [0.1, 0.15) is 23.6 Å². The Kier molecular flexibility index (Phi) is 2.26. The Bertz CT molecular complexity index is 380. The highest BCUT2D eigenvalue weighted by Gasteiger charge is 2.13. The van der Waals surface area contributed by atoms with Gasteiger partial charge in [0.1, 0.15) is 0 Å². The zero-order valence-corrected chi connectivity index (χ0v) is 9.06. The zero-order chi connectivity index (χ0) is 9.42. The highest BCUT2D eigenvalue weighted by atomic mass is 79.9. The van der Waals surface area contributed by atoms with Gasteiger partial charge in [-0.15, -0.1) is 0 Å². The van der Waals surface area contributed by atoms with Crippen molar-refractivity contribution >= 4 is 22.0 Å². The van der Waals surface area contributed by atoms with Gasteiger partial charge < -0.3 is 5.11 Å². The molecule has 1 N–H and O–H groups in total. The van der Waals surface area contributed by atoms with Crippen LogP contribution in [-0.4, -0.2) is 5.11 Å². The number of rotatable bonds is 1. The Morgan fingerprint density at radius 2 is 2.23 bits per heavy atom. The number of fused-ring (bicyclic) bond motifs is 1. The standard InChI is InChI=1S/C11H11BrO/c1-7-2-9-4-8(6-13)5-11(12)10(9)3-7/h3-5,13H,2,6H2,1H3.